The second kappa shape index (κ2) is 10.6. The highest BCUT2D eigenvalue weighted by Crippen LogP contribution is 2.09. The zero-order valence-corrected chi connectivity index (χ0v) is 9.76. The van der Waals surface area contributed by atoms with Crippen molar-refractivity contribution >= 4 is 5.71 Å². The van der Waals surface area contributed by atoms with Crippen LogP contribution in [0.25, 0.3) is 0 Å². The van der Waals surface area contributed by atoms with Crippen molar-refractivity contribution in [2.45, 2.75) is 71.6 Å². The molecular formula is C12H25NO. The molecular weight excluding hydrogens is 174 g/mol. The first-order chi connectivity index (χ1) is 6.85. The van der Waals surface area contributed by atoms with Crippen molar-refractivity contribution in [3.8, 4) is 0 Å². The summed E-state index contributed by atoms with van der Waals surface area (Å²) in [6.07, 6.45) is 10.8. The molecule has 0 saturated heterocycles. The average molecular weight is 199 g/mol. The maximum atomic E-state index is 8.69. The van der Waals surface area contributed by atoms with E-state index in [1.54, 1.807) is 0 Å². The van der Waals surface area contributed by atoms with Crippen LogP contribution >= 0.6 is 0 Å². The largest absolute Gasteiger partial charge is 0.411 e. The molecule has 0 aromatic rings. The Labute approximate surface area is 88.4 Å². The minimum Gasteiger partial charge on any atom is -0.411 e. The van der Waals surface area contributed by atoms with Gasteiger partial charge >= 0.3 is 0 Å². The van der Waals surface area contributed by atoms with Gasteiger partial charge < -0.3 is 5.21 Å². The van der Waals surface area contributed by atoms with Crippen LogP contribution in [0.1, 0.15) is 71.6 Å². The van der Waals surface area contributed by atoms with E-state index in [-0.39, 0.29) is 0 Å². The second-order valence-electron chi connectivity index (χ2n) is 3.93. The van der Waals surface area contributed by atoms with Gasteiger partial charge in [-0.1, -0.05) is 57.5 Å². The fraction of sp³-hybridized carbons (Fsp3) is 0.917. The van der Waals surface area contributed by atoms with E-state index in [0.29, 0.717) is 0 Å². The molecule has 14 heavy (non-hydrogen) atoms. The fourth-order valence-corrected chi connectivity index (χ4v) is 1.62. The van der Waals surface area contributed by atoms with Crippen molar-refractivity contribution in [1.82, 2.24) is 0 Å². The van der Waals surface area contributed by atoms with Crippen LogP contribution < -0.4 is 0 Å². The molecule has 2 heteroatoms. The van der Waals surface area contributed by atoms with E-state index in [4.69, 9.17) is 5.21 Å². The molecule has 0 atom stereocenters. The van der Waals surface area contributed by atoms with Gasteiger partial charge in [0.05, 0.1) is 5.71 Å². The molecule has 2 nitrogen and oxygen atoms in total. The van der Waals surface area contributed by atoms with Crippen LogP contribution in [0.5, 0.6) is 0 Å². The summed E-state index contributed by atoms with van der Waals surface area (Å²) in [4.78, 5) is 0. The fourth-order valence-electron chi connectivity index (χ4n) is 1.62. The Morgan fingerprint density at radius 3 is 2.07 bits per heavy atom. The molecule has 0 saturated carbocycles. The van der Waals surface area contributed by atoms with Crippen LogP contribution in [0, 0.1) is 0 Å². The van der Waals surface area contributed by atoms with Crippen LogP contribution in [-0.2, 0) is 0 Å². The molecule has 0 radical (unpaired) electrons. The maximum absolute atomic E-state index is 8.69. The molecule has 0 aliphatic heterocycles. The minimum atomic E-state index is 0.950. The van der Waals surface area contributed by atoms with Gasteiger partial charge in [0.2, 0.25) is 0 Å². The number of nitrogens with zero attached hydrogens (tertiary/aromatic N) is 1. The van der Waals surface area contributed by atoms with Crippen molar-refractivity contribution in [3.63, 3.8) is 0 Å². The number of unbranched alkanes of at least 4 members (excludes halogenated alkanes) is 5. The maximum Gasteiger partial charge on any atom is 0.0570 e. The van der Waals surface area contributed by atoms with Gasteiger partial charge in [0.15, 0.2) is 0 Å². The molecule has 0 unspecified atom stereocenters. The summed E-state index contributed by atoms with van der Waals surface area (Å²) in [5.41, 5.74) is 0.975. The monoisotopic (exact) mass is 199 g/mol. The average Bonchev–Trinajstić information content (AvgIpc) is 2.21. The summed E-state index contributed by atoms with van der Waals surface area (Å²) in [6, 6.07) is 0. The van der Waals surface area contributed by atoms with E-state index in [0.717, 1.165) is 25.0 Å². The Morgan fingerprint density at radius 2 is 1.50 bits per heavy atom. The zero-order chi connectivity index (χ0) is 10.6. The molecule has 0 amide bonds. The van der Waals surface area contributed by atoms with Crippen molar-refractivity contribution < 1.29 is 5.21 Å². The lowest BCUT2D eigenvalue weighted by atomic mass is 10.1. The van der Waals surface area contributed by atoms with Gasteiger partial charge in [-0.25, -0.2) is 0 Å². The first-order valence-electron chi connectivity index (χ1n) is 6.04. The summed E-state index contributed by atoms with van der Waals surface area (Å²) < 4.78 is 0. The Kier molecular flexibility index (Phi) is 10.2. The highest BCUT2D eigenvalue weighted by Gasteiger charge is 1.98. The molecule has 0 aliphatic carbocycles. The van der Waals surface area contributed by atoms with Crippen molar-refractivity contribution in [1.29, 1.82) is 0 Å². The lowest BCUT2D eigenvalue weighted by molar-refractivity contribution is 0.315. The topological polar surface area (TPSA) is 32.6 Å². The molecule has 0 aromatic carbocycles. The smallest absolute Gasteiger partial charge is 0.0570 e. The third kappa shape index (κ3) is 8.09. The van der Waals surface area contributed by atoms with Crippen LogP contribution in [0.4, 0.5) is 0 Å². The second-order valence-corrected chi connectivity index (χ2v) is 3.93. The Balaban J connectivity index is 3.25. The molecule has 1 N–H and O–H groups in total. The molecule has 0 fully saturated rings. The molecule has 0 heterocycles. The molecule has 0 rings (SSSR count). The van der Waals surface area contributed by atoms with Crippen molar-refractivity contribution in [2.24, 2.45) is 5.16 Å². The summed E-state index contributed by atoms with van der Waals surface area (Å²) in [6.45, 7) is 4.35. The quantitative estimate of drug-likeness (QED) is 0.254. The summed E-state index contributed by atoms with van der Waals surface area (Å²) in [5.74, 6) is 0. The van der Waals surface area contributed by atoms with Gasteiger partial charge in [-0.05, 0) is 19.3 Å². The highest BCUT2D eigenvalue weighted by molar-refractivity contribution is 5.83. The molecule has 0 spiro atoms. The van der Waals surface area contributed by atoms with Crippen molar-refractivity contribution in [2.75, 3.05) is 0 Å². The first-order valence-corrected chi connectivity index (χ1v) is 6.04. The van der Waals surface area contributed by atoms with E-state index in [9.17, 15) is 0 Å². The lowest BCUT2D eigenvalue weighted by Crippen LogP contribution is -1.97. The van der Waals surface area contributed by atoms with E-state index in [1.165, 1.54) is 38.5 Å². The minimum absolute atomic E-state index is 0.950. The van der Waals surface area contributed by atoms with E-state index < -0.39 is 0 Å². The zero-order valence-electron chi connectivity index (χ0n) is 9.76. The summed E-state index contributed by atoms with van der Waals surface area (Å²) in [5, 5.41) is 12.0. The third-order valence-electron chi connectivity index (χ3n) is 2.50. The van der Waals surface area contributed by atoms with Gasteiger partial charge in [0.1, 0.15) is 0 Å². The van der Waals surface area contributed by atoms with Crippen LogP contribution in [-0.4, -0.2) is 10.9 Å². The number of hydrogen-bond donors (Lipinski definition) is 1. The predicted octanol–water partition coefficient (Wildman–Crippen LogP) is 4.37. The standard InChI is InChI=1S/C12H25NO/c1-3-5-6-7-8-9-11-12(13-14)10-4-2/h14H,3-11H2,1-2H3/b13-12+. The Bertz CT molecular complexity index is 143. The van der Waals surface area contributed by atoms with Crippen molar-refractivity contribution in [3.05, 3.63) is 0 Å². The van der Waals surface area contributed by atoms with E-state index in [2.05, 4.69) is 19.0 Å². The Hall–Kier alpha value is -0.530. The van der Waals surface area contributed by atoms with Crippen LogP contribution in [0.3, 0.4) is 0 Å². The van der Waals surface area contributed by atoms with Gasteiger partial charge in [-0.2, -0.15) is 0 Å². The summed E-state index contributed by atoms with van der Waals surface area (Å²) >= 11 is 0. The number of oxime groups is 1. The predicted molar refractivity (Wildman–Crippen MR) is 62.1 cm³/mol. The van der Waals surface area contributed by atoms with E-state index in [1.807, 2.05) is 0 Å². The SMILES string of the molecule is CCCCCCCC/C(CCC)=N/O. The highest BCUT2D eigenvalue weighted by atomic mass is 16.4. The number of rotatable bonds is 9. The first kappa shape index (κ1) is 13.5. The lowest BCUT2D eigenvalue weighted by Gasteiger charge is -2.02. The van der Waals surface area contributed by atoms with Gasteiger partial charge in [0.25, 0.3) is 0 Å². The Morgan fingerprint density at radius 1 is 0.857 bits per heavy atom. The number of hydrogen-bond acceptors (Lipinski definition) is 2. The van der Waals surface area contributed by atoms with Gasteiger partial charge in [0, 0.05) is 0 Å². The van der Waals surface area contributed by atoms with Crippen LogP contribution in [0.2, 0.25) is 0 Å². The summed E-state index contributed by atoms with van der Waals surface area (Å²) in [7, 11) is 0. The van der Waals surface area contributed by atoms with Crippen LogP contribution in [0.15, 0.2) is 5.16 Å². The van der Waals surface area contributed by atoms with E-state index >= 15 is 0 Å². The third-order valence-corrected chi connectivity index (χ3v) is 2.50. The molecule has 0 aromatic heterocycles. The molecule has 0 bridgehead atoms. The van der Waals surface area contributed by atoms with Gasteiger partial charge in [-0.3, -0.25) is 0 Å². The van der Waals surface area contributed by atoms with Gasteiger partial charge in [-0.15, -0.1) is 0 Å². The molecule has 0 aliphatic rings. The molecule has 84 valence electrons. The normalized spacial score (nSPS) is 12.0.